The topological polar surface area (TPSA) is 77.0 Å². The number of carbonyl (C=O) groups is 1. The van der Waals surface area contributed by atoms with Crippen LogP contribution >= 0.6 is 0 Å². The molecule has 9 heteroatoms. The van der Waals surface area contributed by atoms with Gasteiger partial charge in [-0.05, 0) is 73.1 Å². The standard InChI is InChI=1S/C30H30BF2NO5/c1-29(2)30(3,4)39-31(38-29)19(13-18-14-25(32)27(35)26(33)15-18)16-34-28(36)37-17-24-22-11-7-5-9-20(22)21-10-6-8-12-23(21)24/h5-15,24,35H,16-17H2,1-4H3,(H,34,36). The first kappa shape index (κ1) is 26.9. The number of halogens is 2. The Morgan fingerprint density at radius 1 is 0.974 bits per heavy atom. The molecule has 6 nitrogen and oxygen atoms in total. The number of amides is 1. The summed E-state index contributed by atoms with van der Waals surface area (Å²) in [7, 11) is -0.885. The van der Waals surface area contributed by atoms with Gasteiger partial charge in [-0.15, -0.1) is 0 Å². The normalized spacial score (nSPS) is 17.6. The van der Waals surface area contributed by atoms with Crippen LogP contribution in [-0.4, -0.2) is 42.7 Å². The molecule has 39 heavy (non-hydrogen) atoms. The molecule has 0 bridgehead atoms. The van der Waals surface area contributed by atoms with Gasteiger partial charge in [0.15, 0.2) is 17.4 Å². The molecule has 0 radical (unpaired) electrons. The molecule has 1 amide bonds. The Morgan fingerprint density at radius 3 is 2.03 bits per heavy atom. The number of hydrogen-bond donors (Lipinski definition) is 2. The Balaban J connectivity index is 1.32. The van der Waals surface area contributed by atoms with Gasteiger partial charge in [0.1, 0.15) is 6.61 Å². The summed E-state index contributed by atoms with van der Waals surface area (Å²) in [5.41, 5.74) is 3.66. The molecule has 0 atom stereocenters. The highest BCUT2D eigenvalue weighted by Gasteiger charge is 2.52. The summed E-state index contributed by atoms with van der Waals surface area (Å²) in [5, 5.41) is 12.2. The fourth-order valence-electron chi connectivity index (χ4n) is 4.90. The molecule has 202 valence electrons. The number of ether oxygens (including phenoxy) is 1. The van der Waals surface area contributed by atoms with Crippen LogP contribution in [0.3, 0.4) is 0 Å². The van der Waals surface area contributed by atoms with E-state index in [1.165, 1.54) is 6.08 Å². The van der Waals surface area contributed by atoms with Crippen LogP contribution in [0, 0.1) is 11.6 Å². The number of rotatable bonds is 6. The second kappa shape index (κ2) is 10.1. The predicted molar refractivity (Wildman–Crippen MR) is 145 cm³/mol. The van der Waals surface area contributed by atoms with Gasteiger partial charge in [0, 0.05) is 12.5 Å². The highest BCUT2D eigenvalue weighted by molar-refractivity contribution is 6.56. The number of benzene rings is 3. The quantitative estimate of drug-likeness (QED) is 0.368. The Labute approximate surface area is 226 Å². The van der Waals surface area contributed by atoms with Gasteiger partial charge in [0.05, 0.1) is 11.2 Å². The second-order valence-corrected chi connectivity index (χ2v) is 10.8. The third-order valence-electron chi connectivity index (χ3n) is 7.73. The molecule has 0 spiro atoms. The van der Waals surface area contributed by atoms with Crippen molar-refractivity contribution in [1.29, 1.82) is 0 Å². The summed E-state index contributed by atoms with van der Waals surface area (Å²) in [6.45, 7) is 7.60. The number of hydrogen-bond acceptors (Lipinski definition) is 5. The molecule has 0 saturated carbocycles. The van der Waals surface area contributed by atoms with Crippen LogP contribution in [-0.2, 0) is 14.0 Å². The van der Waals surface area contributed by atoms with E-state index in [1.54, 1.807) is 0 Å². The van der Waals surface area contributed by atoms with Gasteiger partial charge in [-0.1, -0.05) is 54.6 Å². The summed E-state index contributed by atoms with van der Waals surface area (Å²) in [5.74, 6) is -3.34. The maximum Gasteiger partial charge on any atom is 0.492 e. The van der Waals surface area contributed by atoms with E-state index in [9.17, 15) is 18.7 Å². The molecule has 0 unspecified atom stereocenters. The fourth-order valence-corrected chi connectivity index (χ4v) is 4.90. The molecule has 5 rings (SSSR count). The lowest BCUT2D eigenvalue weighted by molar-refractivity contribution is 0.00578. The highest BCUT2D eigenvalue weighted by Crippen LogP contribution is 2.44. The number of carbonyl (C=O) groups excluding carboxylic acids is 1. The number of phenols is 1. The largest absolute Gasteiger partial charge is 0.503 e. The Hall–Kier alpha value is -3.69. The first-order valence-electron chi connectivity index (χ1n) is 12.8. The van der Waals surface area contributed by atoms with Crippen LogP contribution in [0.4, 0.5) is 13.6 Å². The zero-order chi connectivity index (χ0) is 27.9. The van der Waals surface area contributed by atoms with Gasteiger partial charge in [-0.25, -0.2) is 13.6 Å². The summed E-state index contributed by atoms with van der Waals surface area (Å²) in [6.07, 6.45) is 0.819. The molecule has 0 aromatic heterocycles. The van der Waals surface area contributed by atoms with Crippen molar-refractivity contribution in [3.63, 3.8) is 0 Å². The van der Waals surface area contributed by atoms with Crippen molar-refractivity contribution in [3.05, 3.63) is 94.5 Å². The summed E-state index contributed by atoms with van der Waals surface area (Å²) >= 11 is 0. The van der Waals surface area contributed by atoms with E-state index in [0.717, 1.165) is 34.4 Å². The van der Waals surface area contributed by atoms with Crippen molar-refractivity contribution in [2.45, 2.75) is 44.8 Å². The first-order valence-corrected chi connectivity index (χ1v) is 12.8. The molecule has 1 aliphatic carbocycles. The van der Waals surface area contributed by atoms with Crippen LogP contribution < -0.4 is 5.32 Å². The van der Waals surface area contributed by atoms with Gasteiger partial charge < -0.3 is 24.5 Å². The predicted octanol–water partition coefficient (Wildman–Crippen LogP) is 6.22. The number of alkyl carbamates (subject to hydrolysis) is 1. The third kappa shape index (κ3) is 5.16. The molecule has 3 aromatic carbocycles. The van der Waals surface area contributed by atoms with Gasteiger partial charge >= 0.3 is 13.2 Å². The minimum atomic E-state index is -1.10. The lowest BCUT2D eigenvalue weighted by Gasteiger charge is -2.32. The van der Waals surface area contributed by atoms with Crippen LogP contribution in [0.5, 0.6) is 5.75 Å². The van der Waals surface area contributed by atoms with Crippen molar-refractivity contribution in [2.75, 3.05) is 13.2 Å². The number of nitrogens with one attached hydrogen (secondary N) is 1. The minimum Gasteiger partial charge on any atom is -0.503 e. The maximum absolute atomic E-state index is 14.0. The van der Waals surface area contributed by atoms with Crippen LogP contribution in [0.2, 0.25) is 0 Å². The fraction of sp³-hybridized carbons (Fsp3) is 0.300. The van der Waals surface area contributed by atoms with Crippen LogP contribution in [0.25, 0.3) is 17.2 Å². The molecular formula is C30H30BF2NO5. The number of aromatic hydroxyl groups is 1. The lowest BCUT2D eigenvalue weighted by Crippen LogP contribution is -2.41. The molecule has 2 N–H and O–H groups in total. The van der Waals surface area contributed by atoms with E-state index >= 15 is 0 Å². The van der Waals surface area contributed by atoms with Crippen molar-refractivity contribution in [3.8, 4) is 16.9 Å². The van der Waals surface area contributed by atoms with Gasteiger partial charge in [-0.2, -0.15) is 0 Å². The zero-order valence-corrected chi connectivity index (χ0v) is 22.3. The molecule has 1 saturated heterocycles. The minimum absolute atomic E-state index is 0.0579. The molecule has 1 aliphatic heterocycles. The molecular weight excluding hydrogens is 503 g/mol. The average molecular weight is 533 g/mol. The summed E-state index contributed by atoms with van der Waals surface area (Å²) < 4.78 is 45.9. The molecule has 3 aromatic rings. The monoisotopic (exact) mass is 533 g/mol. The van der Waals surface area contributed by atoms with Crippen molar-refractivity contribution >= 4 is 19.3 Å². The molecule has 2 aliphatic rings. The van der Waals surface area contributed by atoms with Gasteiger partial charge in [-0.3, -0.25) is 0 Å². The smallest absolute Gasteiger partial charge is 0.492 e. The number of fused-ring (bicyclic) bond motifs is 3. The van der Waals surface area contributed by atoms with Gasteiger partial charge in [0.2, 0.25) is 0 Å². The lowest BCUT2D eigenvalue weighted by atomic mass is 9.77. The van der Waals surface area contributed by atoms with Crippen molar-refractivity contribution < 1.29 is 32.7 Å². The SMILES string of the molecule is CC1(C)OB(C(=Cc2cc(F)c(O)c(F)c2)CNC(=O)OCC2c3ccccc3-c3ccccc32)OC1(C)C. The summed E-state index contributed by atoms with van der Waals surface area (Å²) in [4.78, 5) is 12.8. The second-order valence-electron chi connectivity index (χ2n) is 10.8. The molecule has 1 heterocycles. The van der Waals surface area contributed by atoms with Crippen LogP contribution in [0.1, 0.15) is 50.3 Å². The third-order valence-corrected chi connectivity index (χ3v) is 7.73. The zero-order valence-electron chi connectivity index (χ0n) is 22.3. The molecule has 1 fully saturated rings. The van der Waals surface area contributed by atoms with E-state index in [-0.39, 0.29) is 24.6 Å². The van der Waals surface area contributed by atoms with Crippen LogP contribution in [0.15, 0.2) is 66.1 Å². The van der Waals surface area contributed by atoms with E-state index in [4.69, 9.17) is 14.0 Å². The van der Waals surface area contributed by atoms with Crippen molar-refractivity contribution in [1.82, 2.24) is 5.32 Å². The Morgan fingerprint density at radius 2 is 1.49 bits per heavy atom. The van der Waals surface area contributed by atoms with E-state index in [2.05, 4.69) is 17.4 Å². The highest BCUT2D eigenvalue weighted by atomic mass is 19.1. The van der Waals surface area contributed by atoms with Gasteiger partial charge in [0.25, 0.3) is 0 Å². The average Bonchev–Trinajstić information content (AvgIpc) is 3.32. The Kier molecular flexibility index (Phi) is 6.99. The van der Waals surface area contributed by atoms with E-state index < -0.39 is 41.8 Å². The van der Waals surface area contributed by atoms with E-state index in [1.807, 2.05) is 64.1 Å². The maximum atomic E-state index is 14.0. The first-order chi connectivity index (χ1) is 18.5. The van der Waals surface area contributed by atoms with Crippen molar-refractivity contribution in [2.24, 2.45) is 0 Å². The Bertz CT molecular complexity index is 1370. The summed E-state index contributed by atoms with van der Waals surface area (Å²) in [6, 6.07) is 18.1. The number of phenolic OH excluding ortho intramolecular Hbond substituents is 1. The van der Waals surface area contributed by atoms with E-state index in [0.29, 0.717) is 5.47 Å².